The van der Waals surface area contributed by atoms with E-state index in [-0.39, 0.29) is 24.4 Å². The van der Waals surface area contributed by atoms with Gasteiger partial charge >= 0.3 is 0 Å². The van der Waals surface area contributed by atoms with Crippen molar-refractivity contribution in [2.45, 2.75) is 25.8 Å². The highest BCUT2D eigenvalue weighted by Gasteiger charge is 2.21. The molecule has 1 aliphatic rings. The Labute approximate surface area is 131 Å². The molecule has 2 N–H and O–H groups in total. The molecule has 0 radical (unpaired) electrons. The van der Waals surface area contributed by atoms with E-state index in [1.54, 1.807) is 0 Å². The van der Waals surface area contributed by atoms with Crippen LogP contribution in [0.4, 0.5) is 5.69 Å². The highest BCUT2D eigenvalue weighted by molar-refractivity contribution is 5.95. The second-order valence-electron chi connectivity index (χ2n) is 4.80. The van der Waals surface area contributed by atoms with Gasteiger partial charge in [-0.25, -0.2) is 0 Å². The van der Waals surface area contributed by atoms with Gasteiger partial charge in [0.15, 0.2) is 0 Å². The first kappa shape index (κ1) is 17.8. The molecule has 0 saturated carbocycles. The van der Waals surface area contributed by atoms with Crippen molar-refractivity contribution in [1.29, 1.82) is 0 Å². The van der Waals surface area contributed by atoms with Crippen molar-refractivity contribution in [2.75, 3.05) is 31.7 Å². The predicted molar refractivity (Wildman–Crippen MR) is 85.3 cm³/mol. The highest BCUT2D eigenvalue weighted by atomic mass is 35.5. The van der Waals surface area contributed by atoms with Crippen LogP contribution in [0.5, 0.6) is 5.75 Å². The molecule has 1 saturated heterocycles. The van der Waals surface area contributed by atoms with E-state index in [9.17, 15) is 4.79 Å². The average Bonchev–Trinajstić information content (AvgIpc) is 2.49. The molecule has 0 bridgehead atoms. The van der Waals surface area contributed by atoms with Crippen LogP contribution >= 0.6 is 12.4 Å². The molecular weight excluding hydrogens is 292 g/mol. The Morgan fingerprint density at radius 2 is 2.38 bits per heavy atom. The van der Waals surface area contributed by atoms with Crippen LogP contribution in [0, 0.1) is 0 Å². The zero-order valence-electron chi connectivity index (χ0n) is 12.3. The zero-order valence-corrected chi connectivity index (χ0v) is 13.1. The third-order valence-electron chi connectivity index (χ3n) is 3.11. The molecule has 1 aromatic carbocycles. The number of carbonyl (C=O) groups excluding carboxylic acids is 1. The SMILES string of the molecule is CCCCOc1cccc(NC(=O)C2COCCN2)c1.Cl. The summed E-state index contributed by atoms with van der Waals surface area (Å²) in [5, 5.41) is 6.01. The summed E-state index contributed by atoms with van der Waals surface area (Å²) in [6.07, 6.45) is 2.13. The second kappa shape index (κ2) is 9.60. The molecule has 5 nitrogen and oxygen atoms in total. The molecule has 1 amide bonds. The molecule has 0 aromatic heterocycles. The number of ether oxygens (including phenoxy) is 2. The van der Waals surface area contributed by atoms with Crippen molar-refractivity contribution in [2.24, 2.45) is 0 Å². The van der Waals surface area contributed by atoms with Crippen LogP contribution in [0.25, 0.3) is 0 Å². The summed E-state index contributed by atoms with van der Waals surface area (Å²) in [6.45, 7) is 4.60. The Kier molecular flexibility index (Phi) is 8.12. The highest BCUT2D eigenvalue weighted by Crippen LogP contribution is 2.18. The number of morpholine rings is 1. The molecule has 1 atom stereocenters. The van der Waals surface area contributed by atoms with E-state index >= 15 is 0 Å². The lowest BCUT2D eigenvalue weighted by Gasteiger charge is -2.23. The van der Waals surface area contributed by atoms with Crippen LogP contribution in [-0.2, 0) is 9.53 Å². The zero-order chi connectivity index (χ0) is 14.2. The van der Waals surface area contributed by atoms with E-state index in [2.05, 4.69) is 17.6 Å². The van der Waals surface area contributed by atoms with Gasteiger partial charge in [-0.3, -0.25) is 4.79 Å². The summed E-state index contributed by atoms with van der Waals surface area (Å²) in [5.74, 6) is 0.708. The summed E-state index contributed by atoms with van der Waals surface area (Å²) in [6, 6.07) is 7.19. The summed E-state index contributed by atoms with van der Waals surface area (Å²) in [5.41, 5.74) is 0.747. The molecule has 118 valence electrons. The number of benzene rings is 1. The second-order valence-corrected chi connectivity index (χ2v) is 4.80. The predicted octanol–water partition coefficient (Wildman–Crippen LogP) is 2.21. The van der Waals surface area contributed by atoms with E-state index < -0.39 is 0 Å². The summed E-state index contributed by atoms with van der Waals surface area (Å²) >= 11 is 0. The Morgan fingerprint density at radius 1 is 1.52 bits per heavy atom. The minimum Gasteiger partial charge on any atom is -0.494 e. The summed E-state index contributed by atoms with van der Waals surface area (Å²) in [7, 11) is 0. The molecule has 1 fully saturated rings. The molecule has 1 unspecified atom stereocenters. The standard InChI is InChI=1S/C15H22N2O3.ClH/c1-2-3-8-20-13-6-4-5-12(10-13)17-15(18)14-11-19-9-7-16-14;/h4-6,10,14,16H,2-3,7-9,11H2,1H3,(H,17,18);1H. The fourth-order valence-electron chi connectivity index (χ4n) is 1.96. The number of hydrogen-bond donors (Lipinski definition) is 2. The minimum absolute atomic E-state index is 0. The molecule has 6 heteroatoms. The largest absolute Gasteiger partial charge is 0.494 e. The maximum Gasteiger partial charge on any atom is 0.243 e. The van der Waals surface area contributed by atoms with E-state index in [1.807, 2.05) is 24.3 Å². The van der Waals surface area contributed by atoms with Crippen molar-refractivity contribution in [3.05, 3.63) is 24.3 Å². The van der Waals surface area contributed by atoms with Gasteiger partial charge in [0.25, 0.3) is 0 Å². The summed E-state index contributed by atoms with van der Waals surface area (Å²) < 4.78 is 10.9. The first-order valence-electron chi connectivity index (χ1n) is 7.14. The monoisotopic (exact) mass is 314 g/mol. The quantitative estimate of drug-likeness (QED) is 0.790. The first-order valence-corrected chi connectivity index (χ1v) is 7.14. The van der Waals surface area contributed by atoms with Crippen molar-refractivity contribution in [1.82, 2.24) is 5.32 Å². The van der Waals surface area contributed by atoms with Gasteiger partial charge < -0.3 is 20.1 Å². The molecule has 2 rings (SSSR count). The average molecular weight is 315 g/mol. The van der Waals surface area contributed by atoms with E-state index in [1.165, 1.54) is 0 Å². The number of halogens is 1. The van der Waals surface area contributed by atoms with Crippen LogP contribution in [0.2, 0.25) is 0 Å². The fourth-order valence-corrected chi connectivity index (χ4v) is 1.96. The van der Waals surface area contributed by atoms with Gasteiger partial charge in [0.1, 0.15) is 11.8 Å². The van der Waals surface area contributed by atoms with Crippen molar-refractivity contribution in [3.63, 3.8) is 0 Å². The van der Waals surface area contributed by atoms with E-state index in [4.69, 9.17) is 9.47 Å². The van der Waals surface area contributed by atoms with Crippen LogP contribution in [-0.4, -0.2) is 38.3 Å². The fraction of sp³-hybridized carbons (Fsp3) is 0.533. The number of carbonyl (C=O) groups is 1. The van der Waals surface area contributed by atoms with Gasteiger partial charge in [-0.15, -0.1) is 12.4 Å². The third kappa shape index (κ3) is 5.91. The van der Waals surface area contributed by atoms with E-state index in [0.717, 1.165) is 24.3 Å². The lowest BCUT2D eigenvalue weighted by Crippen LogP contribution is -2.48. The molecule has 0 aliphatic carbocycles. The van der Waals surface area contributed by atoms with Crippen LogP contribution in [0.15, 0.2) is 24.3 Å². The Morgan fingerprint density at radius 3 is 3.10 bits per heavy atom. The maximum atomic E-state index is 12.0. The van der Waals surface area contributed by atoms with E-state index in [0.29, 0.717) is 26.4 Å². The smallest absolute Gasteiger partial charge is 0.243 e. The summed E-state index contributed by atoms with van der Waals surface area (Å²) in [4.78, 5) is 12.0. The van der Waals surface area contributed by atoms with Gasteiger partial charge in [0, 0.05) is 18.3 Å². The Bertz CT molecular complexity index is 437. The number of nitrogens with one attached hydrogen (secondary N) is 2. The van der Waals surface area contributed by atoms with Gasteiger partial charge in [-0.2, -0.15) is 0 Å². The Balaban J connectivity index is 0.00000220. The first-order chi connectivity index (χ1) is 9.79. The van der Waals surface area contributed by atoms with Gasteiger partial charge in [-0.1, -0.05) is 19.4 Å². The Hall–Kier alpha value is -1.30. The topological polar surface area (TPSA) is 59.6 Å². The van der Waals surface area contributed by atoms with Crippen LogP contribution in [0.3, 0.4) is 0 Å². The number of anilines is 1. The number of rotatable bonds is 6. The lowest BCUT2D eigenvalue weighted by molar-refractivity contribution is -0.120. The van der Waals surface area contributed by atoms with Crippen LogP contribution in [0.1, 0.15) is 19.8 Å². The maximum absolute atomic E-state index is 12.0. The number of hydrogen-bond acceptors (Lipinski definition) is 4. The number of amides is 1. The molecule has 21 heavy (non-hydrogen) atoms. The van der Waals surface area contributed by atoms with Crippen molar-refractivity contribution < 1.29 is 14.3 Å². The molecule has 1 heterocycles. The van der Waals surface area contributed by atoms with Crippen molar-refractivity contribution in [3.8, 4) is 5.75 Å². The van der Waals surface area contributed by atoms with Gasteiger partial charge in [0.05, 0.1) is 19.8 Å². The third-order valence-corrected chi connectivity index (χ3v) is 3.11. The van der Waals surface area contributed by atoms with Crippen LogP contribution < -0.4 is 15.4 Å². The molecule has 0 spiro atoms. The molecular formula is C15H23ClN2O3. The number of unbranched alkanes of at least 4 members (excludes halogenated alkanes) is 1. The molecule has 1 aliphatic heterocycles. The normalized spacial score (nSPS) is 17.7. The minimum atomic E-state index is -0.284. The van der Waals surface area contributed by atoms with Crippen molar-refractivity contribution >= 4 is 24.0 Å². The molecule has 1 aromatic rings. The van der Waals surface area contributed by atoms with Gasteiger partial charge in [-0.05, 0) is 18.6 Å². The lowest BCUT2D eigenvalue weighted by atomic mass is 10.2. The van der Waals surface area contributed by atoms with Gasteiger partial charge in [0.2, 0.25) is 5.91 Å².